The first kappa shape index (κ1) is 17.2. The van der Waals surface area contributed by atoms with Crippen LogP contribution in [-0.2, 0) is 11.3 Å². The number of carbonyl (C=O) groups excluding carboxylic acids is 1. The van der Waals surface area contributed by atoms with Crippen molar-refractivity contribution >= 4 is 34.1 Å². The Bertz CT molecular complexity index is 688. The van der Waals surface area contributed by atoms with Gasteiger partial charge in [-0.15, -0.1) is 10.2 Å². The van der Waals surface area contributed by atoms with Gasteiger partial charge in [0.2, 0.25) is 11.0 Å². The van der Waals surface area contributed by atoms with E-state index in [1.807, 2.05) is 0 Å². The van der Waals surface area contributed by atoms with Gasteiger partial charge in [-0.2, -0.15) is 0 Å². The van der Waals surface area contributed by atoms with Crippen LogP contribution in [0.3, 0.4) is 0 Å². The second kappa shape index (κ2) is 7.94. The summed E-state index contributed by atoms with van der Waals surface area (Å²) in [5.41, 5.74) is 0.967. The molecule has 0 spiro atoms. The molecule has 2 N–H and O–H groups in total. The molecule has 0 saturated heterocycles. The molecule has 0 bridgehead atoms. The van der Waals surface area contributed by atoms with Gasteiger partial charge in [-0.25, -0.2) is 4.39 Å². The first-order chi connectivity index (χ1) is 11.6. The number of hydrogen-bond donors (Lipinski definition) is 2. The maximum Gasteiger partial charge on any atom is 0.230 e. The molecule has 1 amide bonds. The molecule has 1 aromatic heterocycles. The first-order valence-electron chi connectivity index (χ1n) is 7.84. The zero-order valence-electron chi connectivity index (χ0n) is 13.3. The lowest BCUT2D eigenvalue weighted by Gasteiger charge is -2.11. The zero-order valence-corrected chi connectivity index (χ0v) is 14.9. The number of amides is 1. The zero-order chi connectivity index (χ0) is 16.9. The van der Waals surface area contributed by atoms with Crippen molar-refractivity contribution in [2.24, 2.45) is 5.92 Å². The van der Waals surface area contributed by atoms with E-state index in [-0.39, 0.29) is 17.8 Å². The number of benzene rings is 1. The van der Waals surface area contributed by atoms with Gasteiger partial charge in [0, 0.05) is 12.6 Å². The summed E-state index contributed by atoms with van der Waals surface area (Å²) in [6, 6.07) is 6.58. The molecule has 128 valence electrons. The molecule has 1 fully saturated rings. The molecule has 2 aromatic rings. The molecular weight excluding hydrogens is 347 g/mol. The fourth-order valence-corrected chi connectivity index (χ4v) is 3.82. The number of thioether (sulfide) groups is 1. The topological polar surface area (TPSA) is 66.9 Å². The van der Waals surface area contributed by atoms with E-state index in [0.29, 0.717) is 23.3 Å². The highest BCUT2D eigenvalue weighted by Gasteiger charge is 2.28. The molecule has 0 radical (unpaired) electrons. The summed E-state index contributed by atoms with van der Waals surface area (Å²) in [6.07, 6.45) is 2.43. The van der Waals surface area contributed by atoms with E-state index < -0.39 is 0 Å². The second-order valence-corrected chi connectivity index (χ2v) is 8.04. The van der Waals surface area contributed by atoms with E-state index in [9.17, 15) is 9.18 Å². The number of aromatic nitrogens is 2. The van der Waals surface area contributed by atoms with Crippen LogP contribution in [-0.4, -0.2) is 27.9 Å². The highest BCUT2D eigenvalue weighted by Crippen LogP contribution is 2.32. The van der Waals surface area contributed by atoms with E-state index in [1.54, 1.807) is 12.1 Å². The Labute approximate surface area is 148 Å². The lowest BCUT2D eigenvalue weighted by molar-refractivity contribution is -0.119. The molecule has 0 aliphatic heterocycles. The summed E-state index contributed by atoms with van der Waals surface area (Å²) >= 11 is 2.80. The maximum atomic E-state index is 12.9. The Morgan fingerprint density at radius 1 is 1.38 bits per heavy atom. The van der Waals surface area contributed by atoms with Gasteiger partial charge in [0.1, 0.15) is 5.82 Å². The Balaban J connectivity index is 1.41. The summed E-state index contributed by atoms with van der Waals surface area (Å²) in [4.78, 5) is 11.9. The third-order valence-corrected chi connectivity index (χ3v) is 5.82. The summed E-state index contributed by atoms with van der Waals surface area (Å²) in [6.45, 7) is 2.61. The Morgan fingerprint density at radius 2 is 2.12 bits per heavy atom. The van der Waals surface area contributed by atoms with Crippen molar-refractivity contribution in [3.63, 3.8) is 0 Å². The molecular formula is C16H19FN4OS2. The van der Waals surface area contributed by atoms with Gasteiger partial charge in [0.25, 0.3) is 0 Å². The standard InChI is InChI=1S/C16H19FN4OS2/c1-10(12-4-5-12)19-14(22)9-23-16-21-20-15(24-16)18-8-11-2-6-13(17)7-3-11/h2-3,6-7,10,12H,4-5,8-9H2,1H3,(H,18,20)(H,19,22). The third kappa shape index (κ3) is 5.17. The predicted octanol–water partition coefficient (Wildman–Crippen LogP) is 3.30. The van der Waals surface area contributed by atoms with Gasteiger partial charge < -0.3 is 10.6 Å². The summed E-state index contributed by atoms with van der Waals surface area (Å²) in [5.74, 6) is 0.796. The van der Waals surface area contributed by atoms with Crippen LogP contribution in [0.4, 0.5) is 9.52 Å². The van der Waals surface area contributed by atoms with Gasteiger partial charge in [-0.05, 0) is 43.4 Å². The molecule has 1 heterocycles. The fraction of sp³-hybridized carbons (Fsp3) is 0.438. The van der Waals surface area contributed by atoms with Gasteiger partial charge >= 0.3 is 0 Å². The smallest absolute Gasteiger partial charge is 0.230 e. The summed E-state index contributed by atoms with van der Waals surface area (Å²) in [7, 11) is 0. The van der Waals surface area contributed by atoms with Crippen molar-refractivity contribution in [3.8, 4) is 0 Å². The van der Waals surface area contributed by atoms with Crippen molar-refractivity contribution in [1.29, 1.82) is 0 Å². The van der Waals surface area contributed by atoms with Crippen molar-refractivity contribution in [1.82, 2.24) is 15.5 Å². The van der Waals surface area contributed by atoms with E-state index in [0.717, 1.165) is 9.90 Å². The number of nitrogens with zero attached hydrogens (tertiary/aromatic N) is 2. The molecule has 24 heavy (non-hydrogen) atoms. The number of rotatable bonds is 8. The second-order valence-electron chi connectivity index (χ2n) is 5.84. The molecule has 8 heteroatoms. The molecule has 1 atom stereocenters. The van der Waals surface area contributed by atoms with Crippen molar-refractivity contribution in [2.45, 2.75) is 36.7 Å². The van der Waals surface area contributed by atoms with E-state index in [4.69, 9.17) is 0 Å². The number of halogens is 1. The molecule has 1 aliphatic carbocycles. The van der Waals surface area contributed by atoms with Gasteiger partial charge in [-0.1, -0.05) is 35.2 Å². The lowest BCUT2D eigenvalue weighted by Crippen LogP contribution is -2.35. The Hall–Kier alpha value is -1.67. The monoisotopic (exact) mass is 366 g/mol. The van der Waals surface area contributed by atoms with Crippen LogP contribution in [0.15, 0.2) is 28.6 Å². The van der Waals surface area contributed by atoms with E-state index in [2.05, 4.69) is 27.8 Å². The van der Waals surface area contributed by atoms with Crippen LogP contribution in [0.5, 0.6) is 0 Å². The number of anilines is 1. The van der Waals surface area contributed by atoms with E-state index >= 15 is 0 Å². The SMILES string of the molecule is CC(NC(=O)CSc1nnc(NCc2ccc(F)cc2)s1)C1CC1. The van der Waals surface area contributed by atoms with Crippen LogP contribution in [0.25, 0.3) is 0 Å². The minimum Gasteiger partial charge on any atom is -0.356 e. The summed E-state index contributed by atoms with van der Waals surface area (Å²) < 4.78 is 13.6. The Kier molecular flexibility index (Phi) is 5.68. The van der Waals surface area contributed by atoms with Crippen molar-refractivity contribution in [3.05, 3.63) is 35.6 Å². The molecule has 1 aromatic carbocycles. The minimum atomic E-state index is -0.248. The first-order valence-corrected chi connectivity index (χ1v) is 9.64. The quantitative estimate of drug-likeness (QED) is 0.702. The van der Waals surface area contributed by atoms with Crippen molar-refractivity contribution < 1.29 is 9.18 Å². The normalized spacial score (nSPS) is 15.1. The van der Waals surface area contributed by atoms with Gasteiger partial charge in [0.05, 0.1) is 5.75 Å². The fourth-order valence-electron chi connectivity index (χ4n) is 2.26. The average molecular weight is 366 g/mol. The van der Waals surface area contributed by atoms with Crippen LogP contribution >= 0.6 is 23.1 Å². The molecule has 5 nitrogen and oxygen atoms in total. The van der Waals surface area contributed by atoms with Crippen LogP contribution in [0.2, 0.25) is 0 Å². The molecule has 1 aliphatic rings. The largest absolute Gasteiger partial charge is 0.356 e. The highest BCUT2D eigenvalue weighted by molar-refractivity contribution is 8.01. The average Bonchev–Trinajstić information content (AvgIpc) is 3.32. The number of hydrogen-bond acceptors (Lipinski definition) is 6. The van der Waals surface area contributed by atoms with Crippen LogP contribution in [0.1, 0.15) is 25.3 Å². The van der Waals surface area contributed by atoms with Gasteiger partial charge in [0.15, 0.2) is 4.34 Å². The number of nitrogens with one attached hydrogen (secondary N) is 2. The van der Waals surface area contributed by atoms with Crippen LogP contribution < -0.4 is 10.6 Å². The third-order valence-electron chi connectivity index (χ3n) is 3.81. The highest BCUT2D eigenvalue weighted by atomic mass is 32.2. The van der Waals surface area contributed by atoms with Crippen LogP contribution in [0, 0.1) is 11.7 Å². The maximum absolute atomic E-state index is 12.9. The summed E-state index contributed by atoms with van der Waals surface area (Å²) in [5, 5.41) is 15.0. The van der Waals surface area contributed by atoms with Gasteiger partial charge in [-0.3, -0.25) is 4.79 Å². The molecule has 1 saturated carbocycles. The van der Waals surface area contributed by atoms with Crippen molar-refractivity contribution in [2.75, 3.05) is 11.1 Å². The Morgan fingerprint density at radius 3 is 2.83 bits per heavy atom. The number of carbonyl (C=O) groups is 1. The minimum absolute atomic E-state index is 0.0374. The predicted molar refractivity (Wildman–Crippen MR) is 94.7 cm³/mol. The molecule has 3 rings (SSSR count). The lowest BCUT2D eigenvalue weighted by atomic mass is 10.2. The van der Waals surface area contributed by atoms with E-state index in [1.165, 1.54) is 48.1 Å². The molecule has 1 unspecified atom stereocenters.